The van der Waals surface area contributed by atoms with E-state index in [1.165, 1.54) is 0 Å². The molecule has 1 aromatic carbocycles. The Morgan fingerprint density at radius 3 is 2.82 bits per heavy atom. The number of carbonyl (C=O) groups is 2. The predicted octanol–water partition coefficient (Wildman–Crippen LogP) is 3.25. The van der Waals surface area contributed by atoms with E-state index in [2.05, 4.69) is 15.5 Å². The van der Waals surface area contributed by atoms with Crippen molar-refractivity contribution in [3.05, 3.63) is 53.5 Å². The highest BCUT2D eigenvalue weighted by molar-refractivity contribution is 6.03. The first-order chi connectivity index (χ1) is 13.5. The third kappa shape index (κ3) is 5.70. The number of carbonyl (C=O) groups excluding carboxylic acids is 2. The van der Waals surface area contributed by atoms with Crippen LogP contribution in [0.15, 0.2) is 41.0 Å². The largest absolute Gasteiger partial charge is 0.468 e. The lowest BCUT2D eigenvalue weighted by atomic mass is 9.98. The van der Waals surface area contributed by atoms with Gasteiger partial charge in [-0.05, 0) is 68.5 Å². The van der Waals surface area contributed by atoms with Crippen molar-refractivity contribution in [2.45, 2.75) is 39.7 Å². The maximum absolute atomic E-state index is 12.2. The third-order valence-corrected chi connectivity index (χ3v) is 5.35. The van der Waals surface area contributed by atoms with E-state index in [-0.39, 0.29) is 18.2 Å². The topological polar surface area (TPSA) is 74.6 Å². The summed E-state index contributed by atoms with van der Waals surface area (Å²) in [5.74, 6) is 0.850. The van der Waals surface area contributed by atoms with Gasteiger partial charge in [-0.3, -0.25) is 14.5 Å². The molecule has 2 N–H and O–H groups in total. The van der Waals surface area contributed by atoms with Crippen LogP contribution in [0.1, 0.15) is 36.1 Å². The molecule has 1 fully saturated rings. The Morgan fingerprint density at radius 2 is 2.04 bits per heavy atom. The second-order valence-electron chi connectivity index (χ2n) is 7.60. The predicted molar refractivity (Wildman–Crippen MR) is 109 cm³/mol. The van der Waals surface area contributed by atoms with Gasteiger partial charge in [-0.1, -0.05) is 12.1 Å². The molecular weight excluding hydrogens is 354 g/mol. The molecule has 2 heterocycles. The molecule has 0 radical (unpaired) electrons. The van der Waals surface area contributed by atoms with Gasteiger partial charge in [-0.25, -0.2) is 0 Å². The van der Waals surface area contributed by atoms with Crippen molar-refractivity contribution in [1.29, 1.82) is 0 Å². The number of hydrogen-bond donors (Lipinski definition) is 2. The fourth-order valence-corrected chi connectivity index (χ4v) is 3.63. The van der Waals surface area contributed by atoms with Gasteiger partial charge in [0.1, 0.15) is 12.2 Å². The van der Waals surface area contributed by atoms with Gasteiger partial charge in [0, 0.05) is 18.8 Å². The lowest BCUT2D eigenvalue weighted by Gasteiger charge is -2.32. The molecule has 0 spiro atoms. The summed E-state index contributed by atoms with van der Waals surface area (Å²) in [7, 11) is 0. The number of nitrogens with one attached hydrogen (secondary N) is 2. The van der Waals surface area contributed by atoms with Gasteiger partial charge in [-0.2, -0.15) is 0 Å². The van der Waals surface area contributed by atoms with Crippen LogP contribution in [-0.2, 0) is 16.1 Å². The molecule has 6 heteroatoms. The quantitative estimate of drug-likeness (QED) is 0.720. The molecule has 2 amide bonds. The Morgan fingerprint density at radius 1 is 1.18 bits per heavy atom. The van der Waals surface area contributed by atoms with Crippen molar-refractivity contribution in [2.24, 2.45) is 5.92 Å². The van der Waals surface area contributed by atoms with Crippen molar-refractivity contribution in [1.82, 2.24) is 10.2 Å². The first kappa shape index (κ1) is 20.1. The van der Waals surface area contributed by atoms with Gasteiger partial charge >= 0.3 is 0 Å². The fourth-order valence-electron chi connectivity index (χ4n) is 3.63. The lowest BCUT2D eigenvalue weighted by Crippen LogP contribution is -2.41. The van der Waals surface area contributed by atoms with Gasteiger partial charge < -0.3 is 15.1 Å². The fraction of sp³-hybridized carbons (Fsp3) is 0.455. The van der Waals surface area contributed by atoms with E-state index in [0.717, 1.165) is 55.1 Å². The average Bonchev–Trinajstić information content (AvgIpc) is 3.17. The molecule has 28 heavy (non-hydrogen) atoms. The summed E-state index contributed by atoms with van der Waals surface area (Å²) < 4.78 is 5.42. The molecule has 0 saturated carbocycles. The lowest BCUT2D eigenvalue weighted by molar-refractivity contribution is -0.127. The number of nitrogens with zero attached hydrogens (tertiary/aromatic N) is 1. The van der Waals surface area contributed by atoms with E-state index in [1.807, 2.05) is 44.2 Å². The van der Waals surface area contributed by atoms with Crippen LogP contribution in [0.4, 0.5) is 5.69 Å². The Kier molecular flexibility index (Phi) is 6.87. The maximum atomic E-state index is 12.2. The van der Waals surface area contributed by atoms with Crippen molar-refractivity contribution >= 4 is 17.5 Å². The summed E-state index contributed by atoms with van der Waals surface area (Å²) in [6.45, 7) is 7.33. The standard InChI is InChI=1S/C22H29N3O3/c1-16-6-3-9-20(17(16)2)24-22(27)12-21(26)23-13-18-7-4-10-25(14-18)15-19-8-5-11-28-19/h3,5-6,8-9,11,18H,4,7,10,12-15H2,1-2H3,(H,23,26)(H,24,27). The molecule has 0 bridgehead atoms. The zero-order valence-corrected chi connectivity index (χ0v) is 16.7. The van der Waals surface area contributed by atoms with Gasteiger partial charge in [0.2, 0.25) is 11.8 Å². The number of furan rings is 1. The molecule has 0 aliphatic carbocycles. The average molecular weight is 383 g/mol. The number of benzene rings is 1. The highest BCUT2D eigenvalue weighted by Gasteiger charge is 2.21. The molecular formula is C22H29N3O3. The summed E-state index contributed by atoms with van der Waals surface area (Å²) >= 11 is 0. The van der Waals surface area contributed by atoms with Gasteiger partial charge in [0.05, 0.1) is 12.8 Å². The van der Waals surface area contributed by atoms with Crippen LogP contribution >= 0.6 is 0 Å². The van der Waals surface area contributed by atoms with E-state index in [0.29, 0.717) is 12.5 Å². The van der Waals surface area contributed by atoms with Crippen LogP contribution in [0, 0.1) is 19.8 Å². The van der Waals surface area contributed by atoms with Crippen molar-refractivity contribution < 1.29 is 14.0 Å². The van der Waals surface area contributed by atoms with E-state index >= 15 is 0 Å². The Hall–Kier alpha value is -2.60. The summed E-state index contributed by atoms with van der Waals surface area (Å²) in [5.41, 5.74) is 2.90. The minimum absolute atomic E-state index is 0.157. The zero-order chi connectivity index (χ0) is 19.9. The number of amides is 2. The monoisotopic (exact) mass is 383 g/mol. The second-order valence-corrected chi connectivity index (χ2v) is 7.60. The number of hydrogen-bond acceptors (Lipinski definition) is 4. The van der Waals surface area contributed by atoms with Crippen molar-refractivity contribution in [3.8, 4) is 0 Å². The van der Waals surface area contributed by atoms with Gasteiger partial charge in [-0.15, -0.1) is 0 Å². The van der Waals surface area contributed by atoms with Crippen molar-refractivity contribution in [3.63, 3.8) is 0 Å². The van der Waals surface area contributed by atoms with Crippen LogP contribution in [0.25, 0.3) is 0 Å². The van der Waals surface area contributed by atoms with Crippen LogP contribution < -0.4 is 10.6 Å². The maximum Gasteiger partial charge on any atom is 0.233 e. The molecule has 2 aromatic rings. The molecule has 1 aromatic heterocycles. The molecule has 3 rings (SSSR count). The SMILES string of the molecule is Cc1cccc(NC(=O)CC(=O)NCC2CCCN(Cc3ccco3)C2)c1C. The number of anilines is 1. The number of aryl methyl sites for hydroxylation is 1. The summed E-state index contributed by atoms with van der Waals surface area (Å²) in [4.78, 5) is 26.7. The summed E-state index contributed by atoms with van der Waals surface area (Å²) in [5, 5.41) is 5.76. The Bertz CT molecular complexity index is 801. The molecule has 6 nitrogen and oxygen atoms in total. The molecule has 1 atom stereocenters. The summed E-state index contributed by atoms with van der Waals surface area (Å²) in [6.07, 6.45) is 3.73. The Labute approximate surface area is 166 Å². The first-order valence-corrected chi connectivity index (χ1v) is 9.89. The molecule has 1 unspecified atom stereocenters. The van der Waals surface area contributed by atoms with Crippen LogP contribution in [-0.4, -0.2) is 36.3 Å². The van der Waals surface area contributed by atoms with Crippen LogP contribution in [0.5, 0.6) is 0 Å². The minimum atomic E-state index is -0.283. The zero-order valence-electron chi connectivity index (χ0n) is 16.7. The van der Waals surface area contributed by atoms with E-state index in [1.54, 1.807) is 6.26 Å². The minimum Gasteiger partial charge on any atom is -0.468 e. The van der Waals surface area contributed by atoms with E-state index in [4.69, 9.17) is 4.42 Å². The van der Waals surface area contributed by atoms with Crippen LogP contribution in [0.2, 0.25) is 0 Å². The first-order valence-electron chi connectivity index (χ1n) is 9.89. The molecule has 1 saturated heterocycles. The third-order valence-electron chi connectivity index (χ3n) is 5.35. The highest BCUT2D eigenvalue weighted by atomic mass is 16.3. The van der Waals surface area contributed by atoms with Gasteiger partial charge in [0.15, 0.2) is 0 Å². The molecule has 1 aliphatic heterocycles. The summed E-state index contributed by atoms with van der Waals surface area (Å²) in [6, 6.07) is 9.64. The van der Waals surface area contributed by atoms with E-state index < -0.39 is 0 Å². The number of rotatable bonds is 7. The van der Waals surface area contributed by atoms with E-state index in [9.17, 15) is 9.59 Å². The van der Waals surface area contributed by atoms with Gasteiger partial charge in [0.25, 0.3) is 0 Å². The smallest absolute Gasteiger partial charge is 0.233 e. The molecule has 1 aliphatic rings. The van der Waals surface area contributed by atoms with Crippen LogP contribution in [0.3, 0.4) is 0 Å². The number of piperidine rings is 1. The second kappa shape index (κ2) is 9.55. The highest BCUT2D eigenvalue weighted by Crippen LogP contribution is 2.19. The normalized spacial score (nSPS) is 17.3. The molecule has 150 valence electrons. The van der Waals surface area contributed by atoms with Crippen molar-refractivity contribution in [2.75, 3.05) is 25.0 Å². The number of likely N-dealkylation sites (tertiary alicyclic amines) is 1. The Balaban J connectivity index is 1.41.